The zero-order valence-corrected chi connectivity index (χ0v) is 20.0. The van der Waals surface area contributed by atoms with Crippen molar-refractivity contribution in [3.05, 3.63) is 96.3 Å². The molecule has 1 heterocycles. The lowest BCUT2D eigenvalue weighted by molar-refractivity contribution is -0.132. The Labute approximate surface area is 196 Å². The van der Waals surface area contributed by atoms with E-state index in [0.29, 0.717) is 30.8 Å². The van der Waals surface area contributed by atoms with Gasteiger partial charge < -0.3 is 9.47 Å². The molecular formula is C26H31N3O3S. The predicted octanol–water partition coefficient (Wildman–Crippen LogP) is 4.47. The smallest absolute Gasteiger partial charge is 0.228 e. The Hall–Kier alpha value is -3.19. The minimum atomic E-state index is -3.70. The first-order valence-corrected chi connectivity index (χ1v) is 12.7. The van der Waals surface area contributed by atoms with Crippen LogP contribution in [-0.2, 0) is 33.5 Å². The van der Waals surface area contributed by atoms with Gasteiger partial charge in [0.15, 0.2) is 0 Å². The molecule has 1 amide bonds. The number of benzene rings is 2. The lowest BCUT2D eigenvalue weighted by Crippen LogP contribution is -2.32. The SMILES string of the molecule is C=CCN(Cc1cnc(S(=O)(=O)Cc2ccccc2)n1Cc1ccccc1)C(=O)CC(C)C. The summed E-state index contributed by atoms with van der Waals surface area (Å²) in [6.07, 6.45) is 3.67. The summed E-state index contributed by atoms with van der Waals surface area (Å²) in [4.78, 5) is 18.8. The number of sulfone groups is 1. The highest BCUT2D eigenvalue weighted by Crippen LogP contribution is 2.21. The fraction of sp³-hybridized carbons (Fsp3) is 0.308. The summed E-state index contributed by atoms with van der Waals surface area (Å²) >= 11 is 0. The largest absolute Gasteiger partial charge is 0.333 e. The number of aromatic nitrogens is 2. The molecule has 0 fully saturated rings. The van der Waals surface area contributed by atoms with E-state index in [9.17, 15) is 13.2 Å². The average Bonchev–Trinajstić information content (AvgIpc) is 3.17. The normalized spacial score (nSPS) is 11.5. The van der Waals surface area contributed by atoms with Crippen molar-refractivity contribution in [2.45, 2.75) is 44.3 Å². The van der Waals surface area contributed by atoms with Crippen LogP contribution in [0.2, 0.25) is 0 Å². The van der Waals surface area contributed by atoms with Gasteiger partial charge in [0, 0.05) is 13.0 Å². The summed E-state index contributed by atoms with van der Waals surface area (Å²) in [7, 11) is -3.70. The lowest BCUT2D eigenvalue weighted by atomic mass is 10.1. The third-order valence-corrected chi connectivity index (χ3v) is 6.80. The van der Waals surface area contributed by atoms with Crippen molar-refractivity contribution in [1.82, 2.24) is 14.5 Å². The molecule has 3 rings (SSSR count). The zero-order valence-electron chi connectivity index (χ0n) is 19.2. The van der Waals surface area contributed by atoms with Gasteiger partial charge in [0.05, 0.1) is 30.7 Å². The van der Waals surface area contributed by atoms with Crippen LogP contribution in [0.1, 0.15) is 37.1 Å². The Morgan fingerprint density at radius 1 is 1.06 bits per heavy atom. The molecule has 7 heteroatoms. The minimum absolute atomic E-state index is 0.00561. The van der Waals surface area contributed by atoms with E-state index in [2.05, 4.69) is 11.6 Å². The second-order valence-electron chi connectivity index (χ2n) is 8.51. The van der Waals surface area contributed by atoms with Crippen LogP contribution in [0.15, 0.2) is 84.7 Å². The molecule has 6 nitrogen and oxygen atoms in total. The molecule has 0 saturated heterocycles. The fourth-order valence-electron chi connectivity index (χ4n) is 3.64. The molecule has 0 atom stereocenters. The highest BCUT2D eigenvalue weighted by atomic mass is 32.2. The molecule has 0 aliphatic heterocycles. The number of hydrogen-bond acceptors (Lipinski definition) is 4. The molecule has 0 aliphatic rings. The molecule has 174 valence electrons. The van der Waals surface area contributed by atoms with Gasteiger partial charge in [-0.3, -0.25) is 4.79 Å². The zero-order chi connectivity index (χ0) is 23.8. The van der Waals surface area contributed by atoms with Gasteiger partial charge in [-0.25, -0.2) is 13.4 Å². The summed E-state index contributed by atoms with van der Waals surface area (Å²) in [5.41, 5.74) is 2.33. The minimum Gasteiger partial charge on any atom is -0.333 e. The fourth-order valence-corrected chi connectivity index (χ4v) is 5.14. The summed E-state index contributed by atoms with van der Waals surface area (Å²) in [6, 6.07) is 18.7. The van der Waals surface area contributed by atoms with Crippen molar-refractivity contribution in [2.24, 2.45) is 5.92 Å². The molecule has 0 aliphatic carbocycles. The van der Waals surface area contributed by atoms with Crippen molar-refractivity contribution in [1.29, 1.82) is 0 Å². The van der Waals surface area contributed by atoms with Gasteiger partial charge in [-0.05, 0) is 17.0 Å². The molecule has 33 heavy (non-hydrogen) atoms. The number of imidazole rings is 1. The maximum Gasteiger partial charge on any atom is 0.228 e. The molecule has 0 unspecified atom stereocenters. The maximum absolute atomic E-state index is 13.3. The molecule has 3 aromatic rings. The monoisotopic (exact) mass is 465 g/mol. The quantitative estimate of drug-likeness (QED) is 0.392. The Bertz CT molecular complexity index is 1170. The Kier molecular flexibility index (Phi) is 8.22. The van der Waals surface area contributed by atoms with Crippen molar-refractivity contribution in [3.63, 3.8) is 0 Å². The lowest BCUT2D eigenvalue weighted by Gasteiger charge is -2.23. The van der Waals surface area contributed by atoms with E-state index < -0.39 is 9.84 Å². The summed E-state index contributed by atoms with van der Waals surface area (Å²) < 4.78 is 28.4. The summed E-state index contributed by atoms with van der Waals surface area (Å²) in [5, 5.41) is 0.0140. The van der Waals surface area contributed by atoms with E-state index in [1.165, 1.54) is 0 Å². The topological polar surface area (TPSA) is 72.3 Å². The van der Waals surface area contributed by atoms with Gasteiger partial charge in [0.2, 0.25) is 20.9 Å². The standard InChI is InChI=1S/C26H31N3O3S/c1-4-15-28(25(30)16-21(2)3)19-24-17-27-26(29(24)18-22-11-7-5-8-12-22)33(31,32)20-23-13-9-6-10-14-23/h4-14,17,21H,1,15-16,18-20H2,2-3H3. The second-order valence-corrected chi connectivity index (χ2v) is 10.4. The second kappa shape index (κ2) is 11.1. The molecule has 0 spiro atoms. The van der Waals surface area contributed by atoms with E-state index >= 15 is 0 Å². The van der Waals surface area contributed by atoms with Crippen LogP contribution < -0.4 is 0 Å². The van der Waals surface area contributed by atoms with Crippen molar-refractivity contribution in [2.75, 3.05) is 6.54 Å². The van der Waals surface area contributed by atoms with Crippen molar-refractivity contribution >= 4 is 15.7 Å². The van der Waals surface area contributed by atoms with Crippen LogP contribution >= 0.6 is 0 Å². The molecular weight excluding hydrogens is 434 g/mol. The van der Waals surface area contributed by atoms with Crippen LogP contribution in [0.25, 0.3) is 0 Å². The Balaban J connectivity index is 1.98. The highest BCUT2D eigenvalue weighted by Gasteiger charge is 2.25. The first-order chi connectivity index (χ1) is 15.8. The Morgan fingerprint density at radius 3 is 2.24 bits per heavy atom. The van der Waals surface area contributed by atoms with Crippen LogP contribution in [0, 0.1) is 5.92 Å². The molecule has 0 radical (unpaired) electrons. The Morgan fingerprint density at radius 2 is 1.67 bits per heavy atom. The number of amides is 1. The summed E-state index contributed by atoms with van der Waals surface area (Å²) in [6.45, 7) is 8.76. The van der Waals surface area contributed by atoms with Gasteiger partial charge in [-0.15, -0.1) is 6.58 Å². The number of carbonyl (C=O) groups is 1. The number of rotatable bonds is 11. The molecule has 2 aromatic carbocycles. The molecule has 0 N–H and O–H groups in total. The molecule has 0 bridgehead atoms. The van der Waals surface area contributed by atoms with Gasteiger partial charge in [0.25, 0.3) is 0 Å². The van der Waals surface area contributed by atoms with Gasteiger partial charge in [0.1, 0.15) is 0 Å². The van der Waals surface area contributed by atoms with Crippen LogP contribution in [-0.4, -0.2) is 35.3 Å². The van der Waals surface area contributed by atoms with E-state index in [4.69, 9.17) is 0 Å². The van der Waals surface area contributed by atoms with Gasteiger partial charge >= 0.3 is 0 Å². The van der Waals surface area contributed by atoms with E-state index in [-0.39, 0.29) is 29.3 Å². The maximum atomic E-state index is 13.3. The predicted molar refractivity (Wildman–Crippen MR) is 130 cm³/mol. The first-order valence-electron chi connectivity index (χ1n) is 11.0. The van der Waals surface area contributed by atoms with Crippen molar-refractivity contribution in [3.8, 4) is 0 Å². The average molecular weight is 466 g/mol. The van der Waals surface area contributed by atoms with E-state index in [0.717, 1.165) is 5.56 Å². The molecule has 1 aromatic heterocycles. The van der Waals surface area contributed by atoms with Crippen LogP contribution in [0.3, 0.4) is 0 Å². The third-order valence-electron chi connectivity index (χ3n) is 5.20. The number of hydrogen-bond donors (Lipinski definition) is 0. The van der Waals surface area contributed by atoms with E-state index in [1.807, 2.05) is 62.4 Å². The van der Waals surface area contributed by atoms with Crippen molar-refractivity contribution < 1.29 is 13.2 Å². The molecule has 0 saturated carbocycles. The first kappa shape index (κ1) is 24.5. The van der Waals surface area contributed by atoms with Gasteiger partial charge in [-0.1, -0.05) is 80.6 Å². The van der Waals surface area contributed by atoms with E-state index in [1.54, 1.807) is 33.9 Å². The van der Waals surface area contributed by atoms with Gasteiger partial charge in [-0.2, -0.15) is 0 Å². The number of carbonyl (C=O) groups excluding carboxylic acids is 1. The van der Waals surface area contributed by atoms with Crippen LogP contribution in [0.5, 0.6) is 0 Å². The number of nitrogens with zero attached hydrogens (tertiary/aromatic N) is 3. The van der Waals surface area contributed by atoms with Crippen LogP contribution in [0.4, 0.5) is 0 Å². The third kappa shape index (κ3) is 6.65. The summed E-state index contributed by atoms with van der Waals surface area (Å²) in [5.74, 6) is 0.0915. The highest BCUT2D eigenvalue weighted by molar-refractivity contribution is 7.90.